The summed E-state index contributed by atoms with van der Waals surface area (Å²) >= 11 is 0. The van der Waals surface area contributed by atoms with E-state index in [-0.39, 0.29) is 17.3 Å². The van der Waals surface area contributed by atoms with Crippen molar-refractivity contribution in [2.45, 2.75) is 58.5 Å². The Bertz CT molecular complexity index is 1370. The largest absolute Gasteiger partial charge is 0.355 e. The van der Waals surface area contributed by atoms with Crippen molar-refractivity contribution in [3.8, 4) is 0 Å². The fourth-order valence-electron chi connectivity index (χ4n) is 4.40. The molecule has 1 N–H and O–H groups in total. The molecular formula is C30H37N3O4S. The summed E-state index contributed by atoms with van der Waals surface area (Å²) in [4.78, 5) is 28.7. The van der Waals surface area contributed by atoms with Gasteiger partial charge in [0, 0.05) is 13.1 Å². The van der Waals surface area contributed by atoms with Crippen molar-refractivity contribution in [3.05, 3.63) is 95.1 Å². The number of hydrogen-bond donors (Lipinski definition) is 1. The monoisotopic (exact) mass is 535 g/mol. The molecule has 0 aromatic heterocycles. The van der Waals surface area contributed by atoms with Gasteiger partial charge in [-0.1, -0.05) is 61.5 Å². The van der Waals surface area contributed by atoms with Crippen LogP contribution in [0.15, 0.2) is 77.7 Å². The van der Waals surface area contributed by atoms with Gasteiger partial charge < -0.3 is 10.2 Å². The fraction of sp³-hybridized carbons (Fsp3) is 0.333. The second-order valence-electron chi connectivity index (χ2n) is 9.38. The smallest absolute Gasteiger partial charge is 0.264 e. The average Bonchev–Trinajstić information content (AvgIpc) is 2.90. The van der Waals surface area contributed by atoms with Gasteiger partial charge in [0.05, 0.1) is 10.6 Å². The molecule has 2 amide bonds. The van der Waals surface area contributed by atoms with E-state index in [0.29, 0.717) is 18.7 Å². The van der Waals surface area contributed by atoms with Gasteiger partial charge in [-0.05, 0) is 74.6 Å². The Morgan fingerprint density at radius 1 is 0.868 bits per heavy atom. The number of aryl methyl sites for hydroxylation is 3. The standard InChI is InChI=1S/C30H37N3O4S/c1-6-27(30(35)31-7-2)32(20-25-14-12-11-13-23(25)4)29(34)21-33(28-19-22(3)17-18-24(28)5)38(36,37)26-15-9-8-10-16-26/h8-19,27H,6-7,20-21H2,1-5H3,(H,31,35). The molecule has 0 aliphatic rings. The van der Waals surface area contributed by atoms with Crippen molar-refractivity contribution in [1.82, 2.24) is 10.2 Å². The van der Waals surface area contributed by atoms with E-state index in [1.807, 2.05) is 71.0 Å². The van der Waals surface area contributed by atoms with Gasteiger partial charge in [-0.15, -0.1) is 0 Å². The van der Waals surface area contributed by atoms with Crippen molar-refractivity contribution in [3.63, 3.8) is 0 Å². The van der Waals surface area contributed by atoms with E-state index < -0.39 is 28.5 Å². The predicted molar refractivity (Wildman–Crippen MR) is 151 cm³/mol. The zero-order valence-corrected chi connectivity index (χ0v) is 23.6. The predicted octanol–water partition coefficient (Wildman–Crippen LogP) is 4.75. The summed E-state index contributed by atoms with van der Waals surface area (Å²) in [6, 6.07) is 20.5. The van der Waals surface area contributed by atoms with Crippen molar-refractivity contribution < 1.29 is 18.0 Å². The molecule has 0 aliphatic heterocycles. The van der Waals surface area contributed by atoms with E-state index in [2.05, 4.69) is 5.32 Å². The number of carbonyl (C=O) groups excluding carboxylic acids is 2. The van der Waals surface area contributed by atoms with Gasteiger partial charge in [-0.2, -0.15) is 0 Å². The van der Waals surface area contributed by atoms with Crippen LogP contribution in [0.5, 0.6) is 0 Å². The first-order valence-electron chi connectivity index (χ1n) is 12.9. The van der Waals surface area contributed by atoms with Crippen LogP contribution in [0.1, 0.15) is 42.5 Å². The number of likely N-dealkylation sites (N-methyl/N-ethyl adjacent to an activating group) is 1. The molecule has 3 aromatic carbocycles. The molecule has 38 heavy (non-hydrogen) atoms. The molecule has 0 radical (unpaired) electrons. The third-order valence-corrected chi connectivity index (χ3v) is 8.36. The van der Waals surface area contributed by atoms with Crippen LogP contribution in [0.3, 0.4) is 0 Å². The van der Waals surface area contributed by atoms with Gasteiger partial charge in [-0.3, -0.25) is 13.9 Å². The highest BCUT2D eigenvalue weighted by molar-refractivity contribution is 7.92. The van der Waals surface area contributed by atoms with Gasteiger partial charge in [0.1, 0.15) is 12.6 Å². The molecule has 0 fully saturated rings. The molecule has 0 saturated carbocycles. The van der Waals surface area contributed by atoms with Crippen LogP contribution >= 0.6 is 0 Å². The molecule has 0 spiro atoms. The molecule has 0 heterocycles. The van der Waals surface area contributed by atoms with Crippen LogP contribution in [-0.4, -0.2) is 44.3 Å². The van der Waals surface area contributed by atoms with Crippen molar-refractivity contribution in [1.29, 1.82) is 0 Å². The second-order valence-corrected chi connectivity index (χ2v) is 11.2. The molecule has 1 atom stereocenters. The summed E-state index contributed by atoms with van der Waals surface area (Å²) in [6.45, 7) is 9.50. The molecule has 0 bridgehead atoms. The van der Waals surface area contributed by atoms with E-state index in [9.17, 15) is 18.0 Å². The lowest BCUT2D eigenvalue weighted by Crippen LogP contribution is -2.52. The second kappa shape index (κ2) is 12.7. The Morgan fingerprint density at radius 2 is 1.53 bits per heavy atom. The number of amides is 2. The number of nitrogens with zero attached hydrogens (tertiary/aromatic N) is 2. The highest BCUT2D eigenvalue weighted by Gasteiger charge is 2.34. The zero-order chi connectivity index (χ0) is 27.9. The van der Waals surface area contributed by atoms with E-state index in [1.54, 1.807) is 24.3 Å². The molecule has 1 unspecified atom stereocenters. The fourth-order valence-corrected chi connectivity index (χ4v) is 5.90. The Labute approximate surface area is 226 Å². The van der Waals surface area contributed by atoms with E-state index in [0.717, 1.165) is 22.3 Å². The maximum atomic E-state index is 14.1. The van der Waals surface area contributed by atoms with Gasteiger partial charge in [0.25, 0.3) is 10.0 Å². The van der Waals surface area contributed by atoms with Gasteiger partial charge >= 0.3 is 0 Å². The first-order chi connectivity index (χ1) is 18.1. The summed E-state index contributed by atoms with van der Waals surface area (Å²) in [5, 5.41) is 2.83. The topological polar surface area (TPSA) is 86.8 Å². The molecule has 0 aliphatic carbocycles. The average molecular weight is 536 g/mol. The van der Waals surface area contributed by atoms with Crippen LogP contribution in [-0.2, 0) is 26.2 Å². The van der Waals surface area contributed by atoms with E-state index >= 15 is 0 Å². The van der Waals surface area contributed by atoms with Crippen molar-refractivity contribution in [2.24, 2.45) is 0 Å². The summed E-state index contributed by atoms with van der Waals surface area (Å²) < 4.78 is 29.0. The molecule has 0 saturated heterocycles. The Balaban J connectivity index is 2.11. The number of anilines is 1. The summed E-state index contributed by atoms with van der Waals surface area (Å²) in [5.41, 5.74) is 3.91. The Morgan fingerprint density at radius 3 is 2.16 bits per heavy atom. The maximum absolute atomic E-state index is 14.1. The number of hydrogen-bond acceptors (Lipinski definition) is 4. The van der Waals surface area contributed by atoms with Crippen LogP contribution in [0.2, 0.25) is 0 Å². The summed E-state index contributed by atoms with van der Waals surface area (Å²) in [7, 11) is -4.08. The molecule has 7 nitrogen and oxygen atoms in total. The SMILES string of the molecule is CCNC(=O)C(CC)N(Cc1ccccc1C)C(=O)CN(c1cc(C)ccc1C)S(=O)(=O)c1ccccc1. The van der Waals surface area contributed by atoms with E-state index in [4.69, 9.17) is 0 Å². The summed E-state index contributed by atoms with van der Waals surface area (Å²) in [6.07, 6.45) is 0.387. The normalized spacial score (nSPS) is 12.0. The number of sulfonamides is 1. The minimum atomic E-state index is -4.08. The highest BCUT2D eigenvalue weighted by Crippen LogP contribution is 2.28. The third-order valence-electron chi connectivity index (χ3n) is 6.58. The van der Waals surface area contributed by atoms with Gasteiger partial charge in [-0.25, -0.2) is 8.42 Å². The highest BCUT2D eigenvalue weighted by atomic mass is 32.2. The molecule has 3 aromatic rings. The molecule has 202 valence electrons. The lowest BCUT2D eigenvalue weighted by molar-refractivity contribution is -0.140. The lowest BCUT2D eigenvalue weighted by atomic mass is 10.1. The van der Waals surface area contributed by atoms with Crippen molar-refractivity contribution in [2.75, 3.05) is 17.4 Å². The van der Waals surface area contributed by atoms with Crippen LogP contribution in [0, 0.1) is 20.8 Å². The zero-order valence-electron chi connectivity index (χ0n) is 22.8. The minimum absolute atomic E-state index is 0.0925. The lowest BCUT2D eigenvalue weighted by Gasteiger charge is -2.34. The maximum Gasteiger partial charge on any atom is 0.264 e. The number of carbonyl (C=O) groups is 2. The number of rotatable bonds is 11. The third kappa shape index (κ3) is 6.61. The van der Waals surface area contributed by atoms with Crippen LogP contribution < -0.4 is 9.62 Å². The number of nitrogens with one attached hydrogen (secondary N) is 1. The molecular weight excluding hydrogens is 498 g/mol. The number of benzene rings is 3. The van der Waals surface area contributed by atoms with Gasteiger partial charge in [0.2, 0.25) is 11.8 Å². The Hall–Kier alpha value is -3.65. The van der Waals surface area contributed by atoms with Crippen LogP contribution in [0.25, 0.3) is 0 Å². The van der Waals surface area contributed by atoms with E-state index in [1.165, 1.54) is 21.3 Å². The summed E-state index contributed by atoms with van der Waals surface area (Å²) in [5.74, 6) is -0.715. The Kier molecular flexibility index (Phi) is 9.69. The minimum Gasteiger partial charge on any atom is -0.355 e. The molecule has 8 heteroatoms. The molecule has 3 rings (SSSR count). The van der Waals surface area contributed by atoms with Crippen molar-refractivity contribution >= 4 is 27.5 Å². The first-order valence-corrected chi connectivity index (χ1v) is 14.3. The first kappa shape index (κ1) is 28.9. The van der Waals surface area contributed by atoms with Gasteiger partial charge in [0.15, 0.2) is 0 Å². The van der Waals surface area contributed by atoms with Crippen LogP contribution in [0.4, 0.5) is 5.69 Å². The quantitative estimate of drug-likeness (QED) is 0.384.